The van der Waals surface area contributed by atoms with Crippen LogP contribution in [0.2, 0.25) is 0 Å². The normalized spacial score (nSPS) is 17.9. The summed E-state index contributed by atoms with van der Waals surface area (Å²) in [6, 6.07) is 9.20. The Balaban J connectivity index is 1.99. The molecule has 1 aromatic rings. The molecule has 1 aliphatic rings. The van der Waals surface area contributed by atoms with Crippen molar-refractivity contribution in [1.29, 1.82) is 0 Å². The maximum absolute atomic E-state index is 12.0. The lowest BCUT2D eigenvalue weighted by Crippen LogP contribution is -2.58. The third-order valence-corrected chi connectivity index (χ3v) is 5.05. The number of aliphatic hydroxyl groups is 1. The topological polar surface area (TPSA) is 85.3 Å². The Morgan fingerprint density at radius 3 is 2.46 bits per heavy atom. The number of ether oxygens (including phenoxy) is 1. The largest absolute Gasteiger partial charge is 0.465 e. The van der Waals surface area contributed by atoms with Crippen LogP contribution in [0.15, 0.2) is 30.3 Å². The molecule has 2 rings (SSSR count). The zero-order chi connectivity index (χ0) is 20.6. The zero-order valence-electron chi connectivity index (χ0n) is 17.3. The average Bonchev–Trinajstić information content (AvgIpc) is 2.65. The van der Waals surface area contributed by atoms with Crippen LogP contribution in [-0.4, -0.2) is 89.7 Å². The van der Waals surface area contributed by atoms with Gasteiger partial charge in [0.1, 0.15) is 0 Å². The summed E-state index contributed by atoms with van der Waals surface area (Å²) in [5.41, 5.74) is 0.399. The number of carboxylic acid groups (broad SMARTS) is 1. The van der Waals surface area contributed by atoms with Crippen LogP contribution in [0, 0.1) is 0 Å². The molecule has 1 heterocycles. The number of nitrogens with one attached hydrogen (secondary N) is 1. The Bertz CT molecular complexity index is 585. The Labute approximate surface area is 168 Å². The van der Waals surface area contributed by atoms with E-state index in [1.807, 2.05) is 51.1 Å². The van der Waals surface area contributed by atoms with Gasteiger partial charge in [0, 0.05) is 38.3 Å². The van der Waals surface area contributed by atoms with E-state index in [4.69, 9.17) is 4.74 Å². The lowest BCUT2D eigenvalue weighted by molar-refractivity contribution is 0.00701. The number of carbonyl (C=O) groups is 1. The molecule has 158 valence electrons. The van der Waals surface area contributed by atoms with E-state index in [9.17, 15) is 15.0 Å². The molecule has 0 saturated carbocycles. The van der Waals surface area contributed by atoms with E-state index in [1.165, 1.54) is 4.90 Å². The molecule has 0 aromatic heterocycles. The molecule has 1 amide bonds. The van der Waals surface area contributed by atoms with Gasteiger partial charge in [-0.1, -0.05) is 30.3 Å². The van der Waals surface area contributed by atoms with E-state index in [0.29, 0.717) is 13.0 Å². The van der Waals surface area contributed by atoms with Crippen LogP contribution in [0.25, 0.3) is 0 Å². The van der Waals surface area contributed by atoms with Crippen molar-refractivity contribution >= 4 is 6.09 Å². The second-order valence-electron chi connectivity index (χ2n) is 8.31. The first-order valence-corrected chi connectivity index (χ1v) is 10.0. The van der Waals surface area contributed by atoms with Crippen molar-refractivity contribution in [3.8, 4) is 0 Å². The third kappa shape index (κ3) is 7.05. The van der Waals surface area contributed by atoms with E-state index in [2.05, 4.69) is 10.2 Å². The molecule has 1 aliphatic heterocycles. The molecular formula is C21H35N3O4. The number of rotatable bonds is 9. The fourth-order valence-corrected chi connectivity index (χ4v) is 3.63. The van der Waals surface area contributed by atoms with Crippen molar-refractivity contribution in [2.45, 2.75) is 44.9 Å². The minimum atomic E-state index is -1.01. The van der Waals surface area contributed by atoms with Gasteiger partial charge in [0.15, 0.2) is 0 Å². The molecule has 1 saturated heterocycles. The highest BCUT2D eigenvalue weighted by Gasteiger charge is 2.37. The summed E-state index contributed by atoms with van der Waals surface area (Å²) in [6.45, 7) is 10.9. The highest BCUT2D eigenvalue weighted by atomic mass is 16.5. The van der Waals surface area contributed by atoms with Gasteiger partial charge < -0.3 is 20.3 Å². The Morgan fingerprint density at radius 1 is 1.25 bits per heavy atom. The smallest absolute Gasteiger partial charge is 0.408 e. The fraction of sp³-hybridized carbons (Fsp3) is 0.667. The minimum absolute atomic E-state index is 0.349. The predicted octanol–water partition coefficient (Wildman–Crippen LogP) is 1.66. The summed E-state index contributed by atoms with van der Waals surface area (Å²) in [6.07, 6.45) is -1.35. The molecule has 3 N–H and O–H groups in total. The van der Waals surface area contributed by atoms with Gasteiger partial charge >= 0.3 is 6.09 Å². The molecule has 2 atom stereocenters. The van der Waals surface area contributed by atoms with E-state index >= 15 is 0 Å². The quantitative estimate of drug-likeness (QED) is 0.554. The number of hydrogen-bond acceptors (Lipinski definition) is 5. The Kier molecular flexibility index (Phi) is 8.69. The SMILES string of the molecule is CC(C)(C)N(C(=O)O)[C@@H](Cc1ccccc1)[C@H](O)CNCCN1CCOCC1. The van der Waals surface area contributed by atoms with E-state index in [-0.39, 0.29) is 0 Å². The summed E-state index contributed by atoms with van der Waals surface area (Å²) < 4.78 is 5.35. The number of hydrogen-bond donors (Lipinski definition) is 3. The third-order valence-electron chi connectivity index (χ3n) is 5.05. The van der Waals surface area contributed by atoms with Gasteiger partial charge in [-0.2, -0.15) is 0 Å². The van der Waals surface area contributed by atoms with Gasteiger partial charge in [0.2, 0.25) is 0 Å². The lowest BCUT2D eigenvalue weighted by atomic mass is 9.94. The van der Waals surface area contributed by atoms with Crippen LogP contribution in [0.4, 0.5) is 4.79 Å². The standard InChI is InChI=1S/C21H35N3O4/c1-21(2,3)24(20(26)27)18(15-17-7-5-4-6-8-17)19(25)16-22-9-10-23-11-13-28-14-12-23/h4-8,18-19,22,25H,9-16H2,1-3H3,(H,26,27)/t18-,19+/m0/s1. The van der Waals surface area contributed by atoms with Crippen LogP contribution < -0.4 is 5.32 Å². The summed E-state index contributed by atoms with van der Waals surface area (Å²) >= 11 is 0. The molecule has 7 heteroatoms. The van der Waals surface area contributed by atoms with E-state index in [0.717, 1.165) is 45.0 Å². The molecule has 28 heavy (non-hydrogen) atoms. The van der Waals surface area contributed by atoms with Crippen LogP contribution >= 0.6 is 0 Å². The molecule has 7 nitrogen and oxygen atoms in total. The number of amides is 1. The van der Waals surface area contributed by atoms with Crippen LogP contribution in [0.1, 0.15) is 26.3 Å². The molecular weight excluding hydrogens is 358 g/mol. The highest BCUT2D eigenvalue weighted by molar-refractivity contribution is 5.66. The second-order valence-corrected chi connectivity index (χ2v) is 8.31. The van der Waals surface area contributed by atoms with Crippen molar-refractivity contribution in [2.24, 2.45) is 0 Å². The zero-order valence-corrected chi connectivity index (χ0v) is 17.3. The first-order valence-electron chi connectivity index (χ1n) is 10.0. The summed E-state index contributed by atoms with van der Waals surface area (Å²) in [5, 5.41) is 24.0. The summed E-state index contributed by atoms with van der Waals surface area (Å²) in [5.74, 6) is 0. The van der Waals surface area contributed by atoms with Crippen molar-refractivity contribution in [1.82, 2.24) is 15.1 Å². The molecule has 1 fully saturated rings. The Morgan fingerprint density at radius 2 is 1.89 bits per heavy atom. The van der Waals surface area contributed by atoms with Gasteiger partial charge in [0.05, 0.1) is 25.4 Å². The highest BCUT2D eigenvalue weighted by Crippen LogP contribution is 2.22. The van der Waals surface area contributed by atoms with E-state index in [1.54, 1.807) is 0 Å². The minimum Gasteiger partial charge on any atom is -0.465 e. The maximum atomic E-state index is 12.0. The number of nitrogens with zero attached hydrogens (tertiary/aromatic N) is 2. The van der Waals surface area contributed by atoms with E-state index < -0.39 is 23.8 Å². The maximum Gasteiger partial charge on any atom is 0.408 e. The summed E-state index contributed by atoms with van der Waals surface area (Å²) in [7, 11) is 0. The molecule has 0 bridgehead atoms. The van der Waals surface area contributed by atoms with Gasteiger partial charge in [-0.05, 0) is 32.8 Å². The first-order chi connectivity index (χ1) is 13.3. The fourth-order valence-electron chi connectivity index (χ4n) is 3.63. The number of benzene rings is 1. The lowest BCUT2D eigenvalue weighted by Gasteiger charge is -2.42. The van der Waals surface area contributed by atoms with Crippen LogP contribution in [0.3, 0.4) is 0 Å². The second kappa shape index (κ2) is 10.8. The van der Waals surface area contributed by atoms with Crippen molar-refractivity contribution in [3.05, 3.63) is 35.9 Å². The van der Waals surface area contributed by atoms with Crippen LogP contribution in [0.5, 0.6) is 0 Å². The van der Waals surface area contributed by atoms with Crippen molar-refractivity contribution in [2.75, 3.05) is 45.9 Å². The van der Waals surface area contributed by atoms with Crippen molar-refractivity contribution < 1.29 is 19.7 Å². The van der Waals surface area contributed by atoms with Gasteiger partial charge in [-0.25, -0.2) is 4.79 Å². The van der Waals surface area contributed by atoms with Gasteiger partial charge in [-0.15, -0.1) is 0 Å². The number of aliphatic hydroxyl groups excluding tert-OH is 1. The Hall–Kier alpha value is -1.67. The van der Waals surface area contributed by atoms with Gasteiger partial charge in [0.25, 0.3) is 0 Å². The number of morpholine rings is 1. The first kappa shape index (κ1) is 22.6. The average molecular weight is 394 g/mol. The summed E-state index contributed by atoms with van der Waals surface area (Å²) in [4.78, 5) is 15.7. The molecule has 0 radical (unpaired) electrons. The van der Waals surface area contributed by atoms with Crippen LogP contribution in [-0.2, 0) is 11.2 Å². The predicted molar refractivity (Wildman–Crippen MR) is 110 cm³/mol. The molecule has 0 spiro atoms. The monoisotopic (exact) mass is 393 g/mol. The van der Waals surface area contributed by atoms with Crippen molar-refractivity contribution in [3.63, 3.8) is 0 Å². The molecule has 1 aromatic carbocycles. The molecule has 0 unspecified atom stereocenters. The molecule has 0 aliphatic carbocycles. The van der Waals surface area contributed by atoms with Gasteiger partial charge in [-0.3, -0.25) is 9.80 Å².